The van der Waals surface area contributed by atoms with Crippen molar-refractivity contribution in [1.29, 1.82) is 0 Å². The van der Waals surface area contributed by atoms with Crippen LogP contribution in [0.2, 0.25) is 0 Å². The van der Waals surface area contributed by atoms with Crippen LogP contribution in [0.15, 0.2) is 5.16 Å². The lowest BCUT2D eigenvalue weighted by atomic mass is 9.96. The molecular formula is C19H30N6O3S. The first-order valence-electron chi connectivity index (χ1n) is 10.4. The number of rotatable bonds is 7. The van der Waals surface area contributed by atoms with Gasteiger partial charge in [-0.15, -0.1) is 10.2 Å². The molecule has 0 atom stereocenters. The van der Waals surface area contributed by atoms with Gasteiger partial charge in [0.2, 0.25) is 17.7 Å². The van der Waals surface area contributed by atoms with E-state index in [-0.39, 0.29) is 29.4 Å². The Balaban J connectivity index is 1.55. The van der Waals surface area contributed by atoms with Gasteiger partial charge in [-0.25, -0.2) is 0 Å². The minimum Gasteiger partial charge on any atom is -0.369 e. The van der Waals surface area contributed by atoms with Gasteiger partial charge in [0.25, 0.3) is 0 Å². The summed E-state index contributed by atoms with van der Waals surface area (Å²) >= 11 is 1.37. The number of thioether (sulfide) groups is 1. The van der Waals surface area contributed by atoms with E-state index in [0.29, 0.717) is 50.6 Å². The van der Waals surface area contributed by atoms with Crippen molar-refractivity contribution in [2.24, 2.45) is 11.7 Å². The average Bonchev–Trinajstić information content (AvgIpc) is 3.00. The van der Waals surface area contributed by atoms with Gasteiger partial charge in [-0.3, -0.25) is 14.4 Å². The Morgan fingerprint density at radius 2 is 1.90 bits per heavy atom. The van der Waals surface area contributed by atoms with Gasteiger partial charge in [0.1, 0.15) is 0 Å². The Labute approximate surface area is 175 Å². The van der Waals surface area contributed by atoms with Crippen molar-refractivity contribution in [3.05, 3.63) is 5.82 Å². The topological polar surface area (TPSA) is 114 Å². The summed E-state index contributed by atoms with van der Waals surface area (Å²) in [4.78, 5) is 39.7. The minimum atomic E-state index is -0.280. The fraction of sp³-hybridized carbons (Fsp3) is 0.737. The first-order valence-corrected chi connectivity index (χ1v) is 11.4. The molecule has 2 saturated heterocycles. The van der Waals surface area contributed by atoms with Crippen molar-refractivity contribution in [3.8, 4) is 0 Å². The van der Waals surface area contributed by atoms with Gasteiger partial charge in [0, 0.05) is 38.5 Å². The van der Waals surface area contributed by atoms with E-state index in [1.165, 1.54) is 11.8 Å². The number of aromatic nitrogens is 3. The summed E-state index contributed by atoms with van der Waals surface area (Å²) in [5.74, 6) is 0.851. The number of likely N-dealkylation sites (tertiary alicyclic amines) is 2. The number of nitrogens with two attached hydrogens (primary N) is 1. The first kappa shape index (κ1) is 21.6. The second-order valence-electron chi connectivity index (χ2n) is 7.62. The van der Waals surface area contributed by atoms with E-state index >= 15 is 0 Å². The molecule has 9 nitrogen and oxygen atoms in total. The molecule has 0 bridgehead atoms. The van der Waals surface area contributed by atoms with Gasteiger partial charge in [0.05, 0.1) is 12.3 Å². The lowest BCUT2D eigenvalue weighted by molar-refractivity contribution is -0.132. The van der Waals surface area contributed by atoms with Crippen LogP contribution in [0.25, 0.3) is 0 Å². The predicted molar refractivity (Wildman–Crippen MR) is 109 cm³/mol. The van der Waals surface area contributed by atoms with Gasteiger partial charge >= 0.3 is 0 Å². The zero-order valence-electron chi connectivity index (χ0n) is 17.0. The van der Waals surface area contributed by atoms with Crippen LogP contribution in [0, 0.1) is 5.92 Å². The molecule has 160 valence electrons. The molecule has 2 aliphatic heterocycles. The summed E-state index contributed by atoms with van der Waals surface area (Å²) in [6, 6.07) is 0. The highest BCUT2D eigenvalue weighted by atomic mass is 32.2. The highest BCUT2D eigenvalue weighted by Crippen LogP contribution is 2.22. The number of carbonyl (C=O) groups excluding carboxylic acids is 3. The van der Waals surface area contributed by atoms with E-state index in [1.807, 2.05) is 16.4 Å². The van der Waals surface area contributed by atoms with Crippen LogP contribution in [0.5, 0.6) is 0 Å². The number of amides is 3. The van der Waals surface area contributed by atoms with Crippen LogP contribution in [0.3, 0.4) is 0 Å². The van der Waals surface area contributed by atoms with E-state index in [0.717, 1.165) is 31.6 Å². The minimum absolute atomic E-state index is 0.0350. The number of piperidine rings is 1. The molecule has 2 N–H and O–H groups in total. The summed E-state index contributed by atoms with van der Waals surface area (Å²) in [6.07, 6.45) is 4.92. The summed E-state index contributed by atoms with van der Waals surface area (Å²) < 4.78 is 1.98. The summed E-state index contributed by atoms with van der Waals surface area (Å²) in [5, 5.41) is 9.25. The molecule has 0 spiro atoms. The second kappa shape index (κ2) is 10.1. The molecule has 0 saturated carbocycles. The predicted octanol–water partition coefficient (Wildman–Crippen LogP) is 1.02. The van der Waals surface area contributed by atoms with Crippen molar-refractivity contribution < 1.29 is 14.4 Å². The van der Waals surface area contributed by atoms with Gasteiger partial charge in [-0.2, -0.15) is 0 Å². The smallest absolute Gasteiger partial charge is 0.233 e. The molecule has 3 rings (SSSR count). The zero-order valence-corrected chi connectivity index (χ0v) is 17.8. The van der Waals surface area contributed by atoms with Crippen molar-refractivity contribution in [2.75, 3.05) is 25.4 Å². The molecule has 0 aliphatic carbocycles. The largest absolute Gasteiger partial charge is 0.369 e. The standard InChI is InChI=1S/C19H30N6O3S/c1-2-25-15(12-24-9-5-3-4-6-16(24)26)21-22-19(25)29-13-17(27)23-10-7-14(8-11-23)18(20)28/h14H,2-13H2,1H3,(H2,20,28). The van der Waals surface area contributed by atoms with Crippen LogP contribution < -0.4 is 5.73 Å². The Morgan fingerprint density at radius 1 is 1.14 bits per heavy atom. The third kappa shape index (κ3) is 5.49. The van der Waals surface area contributed by atoms with Gasteiger partial charge < -0.3 is 20.1 Å². The van der Waals surface area contributed by atoms with Crippen molar-refractivity contribution >= 4 is 29.5 Å². The Kier molecular flexibility index (Phi) is 7.51. The molecule has 29 heavy (non-hydrogen) atoms. The van der Waals surface area contributed by atoms with Crippen LogP contribution in [0.1, 0.15) is 51.3 Å². The highest BCUT2D eigenvalue weighted by Gasteiger charge is 2.26. The molecule has 10 heteroatoms. The lowest BCUT2D eigenvalue weighted by Gasteiger charge is -2.30. The average molecular weight is 423 g/mol. The van der Waals surface area contributed by atoms with Crippen LogP contribution in [-0.4, -0.2) is 67.7 Å². The fourth-order valence-electron chi connectivity index (χ4n) is 3.87. The van der Waals surface area contributed by atoms with E-state index in [9.17, 15) is 14.4 Å². The monoisotopic (exact) mass is 422 g/mol. The van der Waals surface area contributed by atoms with Crippen LogP contribution in [0.4, 0.5) is 0 Å². The maximum atomic E-state index is 12.5. The van der Waals surface area contributed by atoms with Gasteiger partial charge in [0.15, 0.2) is 11.0 Å². The Bertz CT molecular complexity index is 744. The molecule has 0 radical (unpaired) electrons. The number of hydrogen-bond donors (Lipinski definition) is 1. The number of hydrogen-bond acceptors (Lipinski definition) is 6. The molecule has 3 heterocycles. The summed E-state index contributed by atoms with van der Waals surface area (Å²) in [7, 11) is 0. The second-order valence-corrected chi connectivity index (χ2v) is 8.56. The summed E-state index contributed by atoms with van der Waals surface area (Å²) in [6.45, 7) is 5.06. The van der Waals surface area contributed by atoms with Crippen LogP contribution >= 0.6 is 11.8 Å². The first-order chi connectivity index (χ1) is 14.0. The Morgan fingerprint density at radius 3 is 2.59 bits per heavy atom. The lowest BCUT2D eigenvalue weighted by Crippen LogP contribution is -2.42. The van der Waals surface area contributed by atoms with E-state index < -0.39 is 0 Å². The van der Waals surface area contributed by atoms with Crippen molar-refractivity contribution in [2.45, 2.75) is 63.7 Å². The van der Waals surface area contributed by atoms with Crippen molar-refractivity contribution in [3.63, 3.8) is 0 Å². The number of primary amides is 1. The summed E-state index contributed by atoms with van der Waals surface area (Å²) in [5.41, 5.74) is 5.35. The third-order valence-electron chi connectivity index (χ3n) is 5.69. The quantitative estimate of drug-likeness (QED) is 0.656. The molecule has 2 fully saturated rings. The Hall–Kier alpha value is -2.10. The highest BCUT2D eigenvalue weighted by molar-refractivity contribution is 7.99. The number of carbonyl (C=O) groups is 3. The normalized spacial score (nSPS) is 18.7. The molecule has 3 amide bonds. The molecular weight excluding hydrogens is 392 g/mol. The van der Waals surface area contributed by atoms with Crippen LogP contribution in [-0.2, 0) is 27.5 Å². The molecule has 0 aromatic carbocycles. The molecule has 1 aromatic rings. The zero-order chi connectivity index (χ0) is 20.8. The number of nitrogens with zero attached hydrogens (tertiary/aromatic N) is 5. The maximum absolute atomic E-state index is 12.5. The third-order valence-corrected chi connectivity index (χ3v) is 6.64. The molecule has 1 aromatic heterocycles. The SMILES string of the molecule is CCn1c(CN2CCCCCC2=O)nnc1SCC(=O)N1CCC(C(N)=O)CC1. The van der Waals surface area contributed by atoms with Crippen molar-refractivity contribution in [1.82, 2.24) is 24.6 Å². The van der Waals surface area contributed by atoms with E-state index in [4.69, 9.17) is 5.73 Å². The van der Waals surface area contributed by atoms with E-state index in [2.05, 4.69) is 10.2 Å². The molecule has 2 aliphatic rings. The van der Waals surface area contributed by atoms with Gasteiger partial charge in [-0.05, 0) is 32.6 Å². The van der Waals surface area contributed by atoms with E-state index in [1.54, 1.807) is 4.90 Å². The van der Waals surface area contributed by atoms with Gasteiger partial charge in [-0.1, -0.05) is 18.2 Å². The molecule has 0 unspecified atom stereocenters. The fourth-order valence-corrected chi connectivity index (χ4v) is 4.79. The maximum Gasteiger partial charge on any atom is 0.233 e.